The standard InChI is InChI=1S/C15H21N3O4S.ClH/c1-12(19)13-3-2-4-14(11-13)23(21,22)17-6-5-15(20)18-9-7-16-8-10-18;/h2-4,11,16-17H,5-10H2,1H3;1H. The van der Waals surface area contributed by atoms with Gasteiger partial charge >= 0.3 is 0 Å². The largest absolute Gasteiger partial charge is 0.340 e. The van der Waals surface area contributed by atoms with E-state index in [-0.39, 0.29) is 42.0 Å². The fraction of sp³-hybridized carbons (Fsp3) is 0.467. The van der Waals surface area contributed by atoms with Gasteiger partial charge in [0.2, 0.25) is 15.9 Å². The second-order valence-electron chi connectivity index (χ2n) is 5.36. The number of nitrogens with one attached hydrogen (secondary N) is 2. The normalized spacial score (nSPS) is 14.8. The van der Waals surface area contributed by atoms with Crippen LogP contribution in [0, 0.1) is 0 Å². The van der Waals surface area contributed by atoms with Crippen molar-refractivity contribution in [2.45, 2.75) is 18.2 Å². The summed E-state index contributed by atoms with van der Waals surface area (Å²) in [6.45, 7) is 4.23. The number of hydrogen-bond donors (Lipinski definition) is 2. The topological polar surface area (TPSA) is 95.6 Å². The second kappa shape index (κ2) is 9.12. The molecule has 0 saturated carbocycles. The van der Waals surface area contributed by atoms with Crippen LogP contribution >= 0.6 is 12.4 Å². The Kier molecular flexibility index (Phi) is 7.82. The van der Waals surface area contributed by atoms with Crippen LogP contribution in [0.1, 0.15) is 23.7 Å². The first kappa shape index (κ1) is 20.6. The minimum absolute atomic E-state index is 0. The van der Waals surface area contributed by atoms with Crippen molar-refractivity contribution in [1.82, 2.24) is 14.9 Å². The fourth-order valence-corrected chi connectivity index (χ4v) is 3.41. The van der Waals surface area contributed by atoms with E-state index in [2.05, 4.69) is 10.0 Å². The Labute approximate surface area is 148 Å². The van der Waals surface area contributed by atoms with Crippen molar-refractivity contribution in [1.29, 1.82) is 0 Å². The number of piperazine rings is 1. The summed E-state index contributed by atoms with van der Waals surface area (Å²) in [4.78, 5) is 25.1. The van der Waals surface area contributed by atoms with Crippen LogP contribution < -0.4 is 10.0 Å². The Balaban J connectivity index is 0.00000288. The van der Waals surface area contributed by atoms with Gasteiger partial charge in [0.05, 0.1) is 4.90 Å². The highest BCUT2D eigenvalue weighted by molar-refractivity contribution is 7.89. The lowest BCUT2D eigenvalue weighted by atomic mass is 10.2. The Morgan fingerprint density at radius 1 is 1.25 bits per heavy atom. The molecule has 0 aliphatic carbocycles. The third-order valence-electron chi connectivity index (χ3n) is 3.65. The number of hydrogen-bond acceptors (Lipinski definition) is 5. The van der Waals surface area contributed by atoms with E-state index < -0.39 is 10.0 Å². The summed E-state index contributed by atoms with van der Waals surface area (Å²) in [7, 11) is -3.73. The molecule has 1 aliphatic heterocycles. The minimum atomic E-state index is -3.73. The van der Waals surface area contributed by atoms with Crippen LogP contribution in [-0.4, -0.2) is 57.7 Å². The zero-order chi connectivity index (χ0) is 16.9. The Morgan fingerprint density at radius 3 is 2.54 bits per heavy atom. The zero-order valence-corrected chi connectivity index (χ0v) is 15.1. The minimum Gasteiger partial charge on any atom is -0.340 e. The average Bonchev–Trinajstić information content (AvgIpc) is 2.55. The number of sulfonamides is 1. The van der Waals surface area contributed by atoms with E-state index in [1.165, 1.54) is 25.1 Å². The smallest absolute Gasteiger partial charge is 0.240 e. The maximum Gasteiger partial charge on any atom is 0.240 e. The Bertz CT molecular complexity index is 688. The highest BCUT2D eigenvalue weighted by Crippen LogP contribution is 2.12. The monoisotopic (exact) mass is 375 g/mol. The van der Waals surface area contributed by atoms with Crippen molar-refractivity contribution in [3.63, 3.8) is 0 Å². The summed E-state index contributed by atoms with van der Waals surface area (Å²) in [5.41, 5.74) is 0.338. The number of benzene rings is 1. The molecule has 1 aromatic carbocycles. The zero-order valence-electron chi connectivity index (χ0n) is 13.4. The first-order chi connectivity index (χ1) is 10.9. The van der Waals surface area contributed by atoms with Gasteiger partial charge in [-0.15, -0.1) is 12.4 Å². The number of Topliss-reactive ketones (excluding diaryl/α,β-unsaturated/α-hetero) is 1. The molecule has 1 heterocycles. The van der Waals surface area contributed by atoms with E-state index in [9.17, 15) is 18.0 Å². The van der Waals surface area contributed by atoms with E-state index >= 15 is 0 Å². The molecule has 0 radical (unpaired) electrons. The predicted molar refractivity (Wildman–Crippen MR) is 92.9 cm³/mol. The number of halogens is 1. The molecule has 1 amide bonds. The van der Waals surface area contributed by atoms with Crippen LogP contribution in [0.2, 0.25) is 0 Å². The van der Waals surface area contributed by atoms with Crippen molar-refractivity contribution in [3.8, 4) is 0 Å². The van der Waals surface area contributed by atoms with Gasteiger partial charge in [0.15, 0.2) is 5.78 Å². The van der Waals surface area contributed by atoms with Crippen molar-refractivity contribution < 1.29 is 18.0 Å². The number of carbonyl (C=O) groups is 2. The number of amides is 1. The highest BCUT2D eigenvalue weighted by Gasteiger charge is 2.18. The molecule has 1 aliphatic rings. The van der Waals surface area contributed by atoms with E-state index in [1.807, 2.05) is 0 Å². The second-order valence-corrected chi connectivity index (χ2v) is 7.13. The molecule has 1 aromatic rings. The lowest BCUT2D eigenvalue weighted by molar-refractivity contribution is -0.131. The lowest BCUT2D eigenvalue weighted by Crippen LogP contribution is -2.47. The van der Waals surface area contributed by atoms with Gasteiger partial charge in [0.25, 0.3) is 0 Å². The summed E-state index contributed by atoms with van der Waals surface area (Å²) in [6.07, 6.45) is 0.117. The highest BCUT2D eigenvalue weighted by atomic mass is 35.5. The van der Waals surface area contributed by atoms with Gasteiger partial charge in [-0.05, 0) is 19.1 Å². The third-order valence-corrected chi connectivity index (χ3v) is 5.11. The maximum absolute atomic E-state index is 12.2. The molecule has 134 valence electrons. The van der Waals surface area contributed by atoms with Gasteiger partial charge in [0.1, 0.15) is 0 Å². The molecule has 0 atom stereocenters. The third kappa shape index (κ3) is 5.55. The lowest BCUT2D eigenvalue weighted by Gasteiger charge is -2.27. The van der Waals surface area contributed by atoms with E-state index in [1.54, 1.807) is 11.0 Å². The van der Waals surface area contributed by atoms with Gasteiger partial charge in [0, 0.05) is 44.7 Å². The van der Waals surface area contributed by atoms with Crippen molar-refractivity contribution in [3.05, 3.63) is 29.8 Å². The maximum atomic E-state index is 12.2. The van der Waals surface area contributed by atoms with Crippen LogP contribution in [0.15, 0.2) is 29.2 Å². The van der Waals surface area contributed by atoms with Gasteiger partial charge in [-0.25, -0.2) is 13.1 Å². The van der Waals surface area contributed by atoms with Crippen molar-refractivity contribution in [2.24, 2.45) is 0 Å². The van der Waals surface area contributed by atoms with E-state index in [0.29, 0.717) is 18.7 Å². The van der Waals surface area contributed by atoms with E-state index in [4.69, 9.17) is 0 Å². The van der Waals surface area contributed by atoms with Gasteiger partial charge in [-0.2, -0.15) is 0 Å². The number of rotatable bonds is 6. The first-order valence-corrected chi connectivity index (χ1v) is 8.97. The van der Waals surface area contributed by atoms with Crippen LogP contribution in [-0.2, 0) is 14.8 Å². The summed E-state index contributed by atoms with van der Waals surface area (Å²) < 4.78 is 26.8. The predicted octanol–water partition coefficient (Wildman–Crippen LogP) is 0.411. The van der Waals surface area contributed by atoms with Crippen LogP contribution in [0.3, 0.4) is 0 Å². The number of carbonyl (C=O) groups excluding carboxylic acids is 2. The summed E-state index contributed by atoms with van der Waals surface area (Å²) in [6, 6.07) is 5.85. The SMILES string of the molecule is CC(=O)c1cccc(S(=O)(=O)NCCC(=O)N2CCNCC2)c1.Cl. The van der Waals surface area contributed by atoms with Crippen LogP contribution in [0.5, 0.6) is 0 Å². The van der Waals surface area contributed by atoms with E-state index in [0.717, 1.165) is 13.1 Å². The van der Waals surface area contributed by atoms with Gasteiger partial charge < -0.3 is 10.2 Å². The first-order valence-electron chi connectivity index (χ1n) is 7.49. The molecule has 0 unspecified atom stereocenters. The summed E-state index contributed by atoms with van der Waals surface area (Å²) >= 11 is 0. The summed E-state index contributed by atoms with van der Waals surface area (Å²) in [5, 5.41) is 3.15. The molecular weight excluding hydrogens is 354 g/mol. The molecule has 0 bridgehead atoms. The molecule has 7 nitrogen and oxygen atoms in total. The molecule has 0 spiro atoms. The van der Waals surface area contributed by atoms with Crippen molar-refractivity contribution in [2.75, 3.05) is 32.7 Å². The molecule has 1 fully saturated rings. The van der Waals surface area contributed by atoms with Crippen LogP contribution in [0.25, 0.3) is 0 Å². The summed E-state index contributed by atoms with van der Waals surface area (Å²) in [5.74, 6) is -0.261. The van der Waals surface area contributed by atoms with Crippen molar-refractivity contribution >= 4 is 34.1 Å². The van der Waals surface area contributed by atoms with Gasteiger partial charge in [-0.3, -0.25) is 9.59 Å². The fourth-order valence-electron chi connectivity index (χ4n) is 2.33. The molecule has 2 rings (SSSR count). The van der Waals surface area contributed by atoms with Crippen LogP contribution in [0.4, 0.5) is 0 Å². The molecule has 2 N–H and O–H groups in total. The Hall–Kier alpha value is -1.48. The molecule has 1 saturated heterocycles. The average molecular weight is 376 g/mol. The molecule has 9 heteroatoms. The Morgan fingerprint density at radius 2 is 1.92 bits per heavy atom. The number of ketones is 1. The molecule has 0 aromatic heterocycles. The molecular formula is C15H22ClN3O4S. The number of nitrogens with zero attached hydrogens (tertiary/aromatic N) is 1. The molecule has 24 heavy (non-hydrogen) atoms. The van der Waals surface area contributed by atoms with Gasteiger partial charge in [-0.1, -0.05) is 12.1 Å². The quantitative estimate of drug-likeness (QED) is 0.702.